The Morgan fingerprint density at radius 3 is 2.65 bits per heavy atom. The molecule has 1 fully saturated rings. The van der Waals surface area contributed by atoms with Crippen molar-refractivity contribution < 1.29 is 12.8 Å². The Morgan fingerprint density at radius 2 is 2.00 bits per heavy atom. The molecule has 1 aromatic heterocycles. The van der Waals surface area contributed by atoms with Crippen molar-refractivity contribution in [3.05, 3.63) is 54.0 Å². The molecule has 1 aliphatic heterocycles. The molecule has 3 rings (SSSR count). The highest BCUT2D eigenvalue weighted by Crippen LogP contribution is 2.23. The van der Waals surface area contributed by atoms with Crippen LogP contribution in [-0.4, -0.2) is 44.9 Å². The fourth-order valence-electron chi connectivity index (χ4n) is 3.55. The number of benzene rings is 1. The Kier molecular flexibility index (Phi) is 10.3. The van der Waals surface area contributed by atoms with Gasteiger partial charge in [-0.1, -0.05) is 19.1 Å². The molecule has 0 bridgehead atoms. The van der Waals surface area contributed by atoms with Crippen molar-refractivity contribution in [3.8, 4) is 0 Å². The zero-order chi connectivity index (χ0) is 21.4. The minimum atomic E-state index is -3.42. The van der Waals surface area contributed by atoms with Crippen molar-refractivity contribution >= 4 is 40.0 Å². The molecule has 0 aliphatic carbocycles. The normalized spacial score (nSPS) is 17.7. The Hall–Kier alpha value is -1.59. The molecule has 172 valence electrons. The van der Waals surface area contributed by atoms with Crippen LogP contribution in [0.15, 0.2) is 57.0 Å². The summed E-state index contributed by atoms with van der Waals surface area (Å²) in [5, 5.41) is 6.51. The van der Waals surface area contributed by atoms with Crippen LogP contribution >= 0.6 is 24.0 Å². The standard InChI is InChI=1S/C22H32N4O3S.HI/c1-3-23-22(24-13-12-20-7-5-15-29-20)25-16-19-8-10-21(11-9-19)30(27,28)26-14-4-6-18(2)17-26;/h5,7-11,15,18H,3-4,6,12-14,16-17H2,1-2H3,(H2,23,24,25);1H. The summed E-state index contributed by atoms with van der Waals surface area (Å²) in [5.74, 6) is 2.06. The highest BCUT2D eigenvalue weighted by Gasteiger charge is 2.28. The van der Waals surface area contributed by atoms with E-state index in [0.717, 1.165) is 43.1 Å². The summed E-state index contributed by atoms with van der Waals surface area (Å²) in [6.45, 7) is 7.27. The van der Waals surface area contributed by atoms with Crippen LogP contribution in [0.2, 0.25) is 0 Å². The maximum Gasteiger partial charge on any atom is 0.243 e. The first-order valence-corrected chi connectivity index (χ1v) is 12.1. The predicted octanol–water partition coefficient (Wildman–Crippen LogP) is 3.62. The lowest BCUT2D eigenvalue weighted by Crippen LogP contribution is -2.39. The van der Waals surface area contributed by atoms with E-state index < -0.39 is 10.0 Å². The fraction of sp³-hybridized carbons (Fsp3) is 0.500. The van der Waals surface area contributed by atoms with E-state index in [1.165, 1.54) is 0 Å². The van der Waals surface area contributed by atoms with Crippen LogP contribution in [0.1, 0.15) is 38.0 Å². The van der Waals surface area contributed by atoms with Gasteiger partial charge in [0, 0.05) is 32.6 Å². The fourth-order valence-corrected chi connectivity index (χ4v) is 5.15. The first-order valence-electron chi connectivity index (χ1n) is 10.6. The lowest BCUT2D eigenvalue weighted by atomic mass is 10.0. The number of guanidine groups is 1. The minimum Gasteiger partial charge on any atom is -0.469 e. The summed E-state index contributed by atoms with van der Waals surface area (Å²) in [4.78, 5) is 4.95. The van der Waals surface area contributed by atoms with Gasteiger partial charge in [-0.25, -0.2) is 13.4 Å². The molecular formula is C22H33IN4O3S. The molecule has 2 heterocycles. The van der Waals surface area contributed by atoms with Gasteiger partial charge in [0.15, 0.2) is 5.96 Å². The number of aliphatic imine (C=N–C) groups is 1. The Morgan fingerprint density at radius 1 is 1.23 bits per heavy atom. The number of nitrogens with zero attached hydrogens (tertiary/aromatic N) is 2. The van der Waals surface area contributed by atoms with E-state index in [1.54, 1.807) is 22.7 Å². The lowest BCUT2D eigenvalue weighted by molar-refractivity contribution is 0.281. The number of halogens is 1. The van der Waals surface area contributed by atoms with E-state index in [-0.39, 0.29) is 24.0 Å². The molecule has 2 aromatic rings. The third kappa shape index (κ3) is 7.50. The maximum absolute atomic E-state index is 12.9. The Bertz CT molecular complexity index is 915. The van der Waals surface area contributed by atoms with Crippen molar-refractivity contribution in [2.24, 2.45) is 10.9 Å². The average Bonchev–Trinajstić information content (AvgIpc) is 3.26. The second kappa shape index (κ2) is 12.4. The minimum absolute atomic E-state index is 0. The van der Waals surface area contributed by atoms with Gasteiger partial charge in [0.05, 0.1) is 17.7 Å². The number of sulfonamides is 1. The first-order chi connectivity index (χ1) is 14.5. The van der Waals surface area contributed by atoms with Gasteiger partial charge >= 0.3 is 0 Å². The van der Waals surface area contributed by atoms with Crippen LogP contribution in [0, 0.1) is 5.92 Å². The van der Waals surface area contributed by atoms with Crippen LogP contribution in [0.25, 0.3) is 0 Å². The van der Waals surface area contributed by atoms with Crippen LogP contribution in [0.5, 0.6) is 0 Å². The molecule has 7 nitrogen and oxygen atoms in total. The Labute approximate surface area is 202 Å². The van der Waals surface area contributed by atoms with Gasteiger partial charge in [-0.3, -0.25) is 0 Å². The Balaban J connectivity index is 0.00000341. The van der Waals surface area contributed by atoms with E-state index in [9.17, 15) is 8.42 Å². The van der Waals surface area contributed by atoms with Gasteiger partial charge in [-0.2, -0.15) is 4.31 Å². The number of hydrogen-bond donors (Lipinski definition) is 2. The monoisotopic (exact) mass is 560 g/mol. The van der Waals surface area contributed by atoms with Crippen molar-refractivity contribution in [3.63, 3.8) is 0 Å². The van der Waals surface area contributed by atoms with Crippen molar-refractivity contribution in [2.75, 3.05) is 26.2 Å². The molecule has 31 heavy (non-hydrogen) atoms. The second-order valence-electron chi connectivity index (χ2n) is 7.71. The van der Waals surface area contributed by atoms with E-state index in [2.05, 4.69) is 22.5 Å². The third-order valence-electron chi connectivity index (χ3n) is 5.19. The molecule has 1 saturated heterocycles. The van der Waals surface area contributed by atoms with Crippen LogP contribution in [0.3, 0.4) is 0 Å². The van der Waals surface area contributed by atoms with Gasteiger partial charge in [-0.05, 0) is 55.5 Å². The highest BCUT2D eigenvalue weighted by atomic mass is 127. The molecule has 0 radical (unpaired) electrons. The van der Waals surface area contributed by atoms with E-state index in [4.69, 9.17) is 4.42 Å². The lowest BCUT2D eigenvalue weighted by Gasteiger charge is -2.30. The van der Waals surface area contributed by atoms with Crippen LogP contribution in [0.4, 0.5) is 0 Å². The van der Waals surface area contributed by atoms with E-state index in [0.29, 0.717) is 37.0 Å². The smallest absolute Gasteiger partial charge is 0.243 e. The molecule has 1 aliphatic rings. The molecule has 0 saturated carbocycles. The quantitative estimate of drug-likeness (QED) is 0.293. The van der Waals surface area contributed by atoms with Gasteiger partial charge in [0.25, 0.3) is 0 Å². The molecule has 1 aromatic carbocycles. The van der Waals surface area contributed by atoms with Crippen molar-refractivity contribution in [1.29, 1.82) is 0 Å². The summed E-state index contributed by atoms with van der Waals surface area (Å²) >= 11 is 0. The largest absolute Gasteiger partial charge is 0.469 e. The predicted molar refractivity (Wildman–Crippen MR) is 134 cm³/mol. The van der Waals surface area contributed by atoms with E-state index >= 15 is 0 Å². The molecule has 0 amide bonds. The van der Waals surface area contributed by atoms with Crippen LogP contribution in [-0.2, 0) is 23.0 Å². The number of hydrogen-bond acceptors (Lipinski definition) is 4. The van der Waals surface area contributed by atoms with Crippen LogP contribution < -0.4 is 10.6 Å². The molecule has 1 atom stereocenters. The zero-order valence-corrected chi connectivity index (χ0v) is 21.4. The molecule has 0 spiro atoms. The summed E-state index contributed by atoms with van der Waals surface area (Å²) in [6.07, 6.45) is 4.46. The number of furan rings is 1. The molecule has 9 heteroatoms. The summed E-state index contributed by atoms with van der Waals surface area (Å²) in [5.41, 5.74) is 0.962. The van der Waals surface area contributed by atoms with Crippen molar-refractivity contribution in [1.82, 2.24) is 14.9 Å². The highest BCUT2D eigenvalue weighted by molar-refractivity contribution is 14.0. The van der Waals surface area contributed by atoms with E-state index in [1.807, 2.05) is 31.2 Å². The third-order valence-corrected chi connectivity index (χ3v) is 7.07. The number of rotatable bonds is 8. The number of nitrogens with one attached hydrogen (secondary N) is 2. The summed E-state index contributed by atoms with van der Waals surface area (Å²) in [6, 6.07) is 10.9. The zero-order valence-electron chi connectivity index (χ0n) is 18.2. The van der Waals surface area contributed by atoms with Gasteiger partial charge in [0.2, 0.25) is 10.0 Å². The maximum atomic E-state index is 12.9. The first kappa shape index (κ1) is 25.7. The second-order valence-corrected chi connectivity index (χ2v) is 9.64. The summed E-state index contributed by atoms with van der Waals surface area (Å²) < 4.78 is 32.7. The van der Waals surface area contributed by atoms with Gasteiger partial charge in [-0.15, -0.1) is 24.0 Å². The molecular weight excluding hydrogens is 527 g/mol. The number of piperidine rings is 1. The average molecular weight is 561 g/mol. The van der Waals surface area contributed by atoms with Gasteiger partial charge < -0.3 is 15.1 Å². The summed E-state index contributed by atoms with van der Waals surface area (Å²) in [7, 11) is -3.42. The SMILES string of the molecule is CCNC(=NCc1ccc(S(=O)(=O)N2CCCC(C)C2)cc1)NCCc1ccco1.I. The topological polar surface area (TPSA) is 86.9 Å². The van der Waals surface area contributed by atoms with Gasteiger partial charge in [0.1, 0.15) is 5.76 Å². The molecule has 1 unspecified atom stereocenters. The molecule has 2 N–H and O–H groups in total. The van der Waals surface area contributed by atoms with Crippen molar-refractivity contribution in [2.45, 2.75) is 44.6 Å².